The molecule has 0 aliphatic carbocycles. The molecule has 1 atom stereocenters. The van der Waals surface area contributed by atoms with Gasteiger partial charge in [0.05, 0.1) is 7.11 Å². The first-order valence-corrected chi connectivity index (χ1v) is 6.73. The maximum atomic E-state index is 10.8. The summed E-state index contributed by atoms with van der Waals surface area (Å²) in [6.07, 6.45) is 1.68. The zero-order chi connectivity index (χ0) is 12.0. The maximum absolute atomic E-state index is 10.8. The van der Waals surface area contributed by atoms with Gasteiger partial charge in [0, 0.05) is 35.9 Å². The van der Waals surface area contributed by atoms with E-state index in [2.05, 4.69) is 5.32 Å². The van der Waals surface area contributed by atoms with Crippen molar-refractivity contribution in [3.05, 3.63) is 23.8 Å². The zero-order valence-electron chi connectivity index (χ0n) is 9.53. The number of methoxy groups -OCH3 is 1. The topological polar surface area (TPSA) is 58.6 Å². The molecule has 4 nitrogen and oxygen atoms in total. The summed E-state index contributed by atoms with van der Waals surface area (Å²) < 4.78 is 15.8. The summed E-state index contributed by atoms with van der Waals surface area (Å²) >= 11 is 0. The van der Waals surface area contributed by atoms with Crippen LogP contribution in [0.2, 0.25) is 0 Å². The number of phenolic OH excluding ortho intramolecular Hbond substituents is 1. The summed E-state index contributed by atoms with van der Waals surface area (Å²) in [4.78, 5) is 0. The Hall–Kier alpha value is -1.07. The van der Waals surface area contributed by atoms with E-state index in [0.29, 0.717) is 24.6 Å². The average Bonchev–Trinajstić information content (AvgIpc) is 2.24. The number of ether oxygens (including phenoxy) is 1. The van der Waals surface area contributed by atoms with Crippen molar-refractivity contribution < 1.29 is 14.1 Å². The number of hydrogen-bond acceptors (Lipinski definition) is 4. The monoisotopic (exact) mass is 243 g/mol. The molecule has 1 rings (SSSR count). The number of rotatable bonds is 6. The van der Waals surface area contributed by atoms with Gasteiger partial charge < -0.3 is 15.2 Å². The second-order valence-corrected chi connectivity index (χ2v) is 5.01. The average molecular weight is 243 g/mol. The molecule has 90 valence electrons. The quantitative estimate of drug-likeness (QED) is 0.728. The third kappa shape index (κ3) is 4.20. The largest absolute Gasteiger partial charge is 0.504 e. The summed E-state index contributed by atoms with van der Waals surface area (Å²) in [6, 6.07) is 5.27. The highest BCUT2D eigenvalue weighted by atomic mass is 32.2. The lowest BCUT2D eigenvalue weighted by Gasteiger charge is -2.07. The molecule has 0 saturated heterocycles. The Kier molecular flexibility index (Phi) is 5.28. The fraction of sp³-hybridized carbons (Fsp3) is 0.455. The third-order valence-electron chi connectivity index (χ3n) is 2.14. The molecule has 1 aromatic rings. The van der Waals surface area contributed by atoms with Crippen LogP contribution >= 0.6 is 0 Å². The van der Waals surface area contributed by atoms with Gasteiger partial charge in [0.1, 0.15) is 0 Å². The molecule has 5 heteroatoms. The SMILES string of the molecule is COc1ccc(CNCCS(C)=O)cc1O. The van der Waals surface area contributed by atoms with E-state index >= 15 is 0 Å². The molecule has 0 aliphatic heterocycles. The Bertz CT molecular complexity index is 368. The lowest BCUT2D eigenvalue weighted by molar-refractivity contribution is 0.373. The van der Waals surface area contributed by atoms with E-state index in [1.807, 2.05) is 6.07 Å². The molecule has 1 aromatic carbocycles. The van der Waals surface area contributed by atoms with Crippen LogP contribution in [0.3, 0.4) is 0 Å². The Morgan fingerprint density at radius 3 is 2.81 bits per heavy atom. The van der Waals surface area contributed by atoms with Gasteiger partial charge in [-0.05, 0) is 17.7 Å². The van der Waals surface area contributed by atoms with Crippen LogP contribution < -0.4 is 10.1 Å². The Morgan fingerprint density at radius 1 is 1.50 bits per heavy atom. The lowest BCUT2D eigenvalue weighted by Crippen LogP contribution is -2.19. The molecule has 1 unspecified atom stereocenters. The highest BCUT2D eigenvalue weighted by molar-refractivity contribution is 7.84. The zero-order valence-corrected chi connectivity index (χ0v) is 10.3. The van der Waals surface area contributed by atoms with Gasteiger partial charge in [0.25, 0.3) is 0 Å². The minimum absolute atomic E-state index is 0.140. The van der Waals surface area contributed by atoms with Crippen molar-refractivity contribution in [3.63, 3.8) is 0 Å². The van der Waals surface area contributed by atoms with Gasteiger partial charge in [-0.25, -0.2) is 0 Å². The molecule has 0 aliphatic rings. The highest BCUT2D eigenvalue weighted by Crippen LogP contribution is 2.25. The molecule has 0 saturated carbocycles. The van der Waals surface area contributed by atoms with Crippen molar-refractivity contribution in [3.8, 4) is 11.5 Å². The van der Waals surface area contributed by atoms with E-state index in [0.717, 1.165) is 5.56 Å². The number of phenols is 1. The van der Waals surface area contributed by atoms with Crippen molar-refractivity contribution >= 4 is 10.8 Å². The van der Waals surface area contributed by atoms with E-state index in [1.54, 1.807) is 18.4 Å². The molecule has 0 aromatic heterocycles. The van der Waals surface area contributed by atoms with Gasteiger partial charge >= 0.3 is 0 Å². The fourth-order valence-electron chi connectivity index (χ4n) is 1.29. The first-order chi connectivity index (χ1) is 7.63. The molecule has 0 amide bonds. The van der Waals surface area contributed by atoms with E-state index in [4.69, 9.17) is 4.74 Å². The van der Waals surface area contributed by atoms with Gasteiger partial charge in [0.15, 0.2) is 11.5 Å². The summed E-state index contributed by atoms with van der Waals surface area (Å²) in [6.45, 7) is 1.35. The van der Waals surface area contributed by atoms with Crippen LogP contribution in [0.5, 0.6) is 11.5 Å². The van der Waals surface area contributed by atoms with Crippen molar-refractivity contribution in [2.45, 2.75) is 6.54 Å². The lowest BCUT2D eigenvalue weighted by atomic mass is 10.2. The van der Waals surface area contributed by atoms with Gasteiger partial charge in [0.2, 0.25) is 0 Å². The van der Waals surface area contributed by atoms with Crippen LogP contribution in [0, 0.1) is 0 Å². The van der Waals surface area contributed by atoms with E-state index in [9.17, 15) is 9.32 Å². The predicted octanol–water partition coefficient (Wildman–Crippen LogP) is 0.869. The second-order valence-electron chi connectivity index (χ2n) is 3.46. The van der Waals surface area contributed by atoms with Crippen molar-refractivity contribution in [1.82, 2.24) is 5.32 Å². The van der Waals surface area contributed by atoms with Gasteiger partial charge in [-0.15, -0.1) is 0 Å². The number of aromatic hydroxyl groups is 1. The molecule has 0 spiro atoms. The summed E-state index contributed by atoms with van der Waals surface area (Å²) in [7, 11) is 0.753. The van der Waals surface area contributed by atoms with Crippen LogP contribution in [0.15, 0.2) is 18.2 Å². The molecular formula is C11H17NO3S. The Labute approximate surface area is 98.1 Å². The fourth-order valence-corrected chi connectivity index (χ4v) is 1.73. The van der Waals surface area contributed by atoms with Crippen LogP contribution in [-0.2, 0) is 17.3 Å². The molecular weight excluding hydrogens is 226 g/mol. The summed E-state index contributed by atoms with van der Waals surface area (Å²) in [5.74, 6) is 1.25. The maximum Gasteiger partial charge on any atom is 0.160 e. The molecule has 0 bridgehead atoms. The van der Waals surface area contributed by atoms with Gasteiger partial charge in [-0.3, -0.25) is 4.21 Å². The first-order valence-electron chi connectivity index (χ1n) is 5.00. The van der Waals surface area contributed by atoms with Gasteiger partial charge in [-0.2, -0.15) is 0 Å². The Balaban J connectivity index is 2.43. The standard InChI is InChI=1S/C11H17NO3S/c1-15-11-4-3-9(7-10(11)13)8-12-5-6-16(2)14/h3-4,7,12-13H,5-6,8H2,1-2H3. The molecule has 2 N–H and O–H groups in total. The van der Waals surface area contributed by atoms with Crippen molar-refractivity contribution in [2.24, 2.45) is 0 Å². The second kappa shape index (κ2) is 6.50. The summed E-state index contributed by atoms with van der Waals surface area (Å²) in [5.41, 5.74) is 0.972. The van der Waals surface area contributed by atoms with Crippen LogP contribution in [-0.4, -0.2) is 35.0 Å². The van der Waals surface area contributed by atoms with Crippen LogP contribution in [0.25, 0.3) is 0 Å². The number of benzene rings is 1. The third-order valence-corrected chi connectivity index (χ3v) is 2.92. The minimum Gasteiger partial charge on any atom is -0.504 e. The predicted molar refractivity (Wildman–Crippen MR) is 65.3 cm³/mol. The van der Waals surface area contributed by atoms with E-state index < -0.39 is 10.8 Å². The molecule has 16 heavy (non-hydrogen) atoms. The van der Waals surface area contributed by atoms with Crippen molar-refractivity contribution in [1.29, 1.82) is 0 Å². The Morgan fingerprint density at radius 2 is 2.25 bits per heavy atom. The smallest absolute Gasteiger partial charge is 0.160 e. The first kappa shape index (κ1) is 13.0. The molecule has 0 fully saturated rings. The number of hydrogen-bond donors (Lipinski definition) is 2. The van der Waals surface area contributed by atoms with Crippen LogP contribution in [0.1, 0.15) is 5.56 Å². The minimum atomic E-state index is -0.765. The van der Waals surface area contributed by atoms with Crippen molar-refractivity contribution in [2.75, 3.05) is 25.7 Å². The number of nitrogens with one attached hydrogen (secondary N) is 1. The highest BCUT2D eigenvalue weighted by Gasteiger charge is 2.01. The van der Waals surface area contributed by atoms with Gasteiger partial charge in [-0.1, -0.05) is 6.07 Å². The summed E-state index contributed by atoms with van der Waals surface area (Å²) in [5, 5.41) is 12.7. The van der Waals surface area contributed by atoms with E-state index in [-0.39, 0.29) is 5.75 Å². The molecule has 0 radical (unpaired) electrons. The molecule has 0 heterocycles. The van der Waals surface area contributed by atoms with Crippen LogP contribution in [0.4, 0.5) is 0 Å². The van der Waals surface area contributed by atoms with E-state index in [1.165, 1.54) is 7.11 Å². The normalized spacial score (nSPS) is 12.4.